The van der Waals surface area contributed by atoms with Gasteiger partial charge in [0.1, 0.15) is 5.75 Å². The first-order valence-electron chi connectivity index (χ1n) is 10.5. The van der Waals surface area contributed by atoms with E-state index in [1.807, 2.05) is 63.2 Å². The standard InChI is InChI=1S/C24H27BrN2O4S/c1-5-12-27-23(28)22(14-16-13-21(31-7-3)20(29-4)15-19(16)25)32-24(27)26-17-8-10-18(11-9-17)30-6-2/h8-11,13-15H,5-7,12H2,1-4H3. The predicted molar refractivity (Wildman–Crippen MR) is 134 cm³/mol. The third-order valence-corrected chi connectivity index (χ3v) is 6.27. The highest BCUT2D eigenvalue weighted by Crippen LogP contribution is 2.39. The molecule has 1 amide bonds. The molecule has 1 saturated heterocycles. The molecule has 0 unspecified atom stereocenters. The number of carbonyl (C=O) groups is 1. The summed E-state index contributed by atoms with van der Waals surface area (Å²) in [5, 5.41) is 0.668. The van der Waals surface area contributed by atoms with Crippen LogP contribution in [0.15, 0.2) is 50.8 Å². The molecule has 3 rings (SSSR count). The predicted octanol–water partition coefficient (Wildman–Crippen LogP) is 6.27. The van der Waals surface area contributed by atoms with Crippen molar-refractivity contribution in [2.24, 2.45) is 4.99 Å². The van der Waals surface area contributed by atoms with Crippen molar-refractivity contribution in [1.29, 1.82) is 0 Å². The molecule has 0 saturated carbocycles. The largest absolute Gasteiger partial charge is 0.494 e. The minimum Gasteiger partial charge on any atom is -0.494 e. The molecule has 0 spiro atoms. The third-order valence-electron chi connectivity index (χ3n) is 4.58. The van der Waals surface area contributed by atoms with Gasteiger partial charge in [-0.3, -0.25) is 9.69 Å². The first-order chi connectivity index (χ1) is 15.5. The average Bonchev–Trinajstić information content (AvgIpc) is 3.06. The van der Waals surface area contributed by atoms with Gasteiger partial charge in [-0.1, -0.05) is 22.9 Å². The van der Waals surface area contributed by atoms with Gasteiger partial charge in [-0.2, -0.15) is 0 Å². The molecule has 170 valence electrons. The fraction of sp³-hybridized carbons (Fsp3) is 0.333. The van der Waals surface area contributed by atoms with E-state index in [-0.39, 0.29) is 5.91 Å². The van der Waals surface area contributed by atoms with Gasteiger partial charge >= 0.3 is 0 Å². The van der Waals surface area contributed by atoms with Crippen LogP contribution in [0.5, 0.6) is 17.2 Å². The van der Waals surface area contributed by atoms with E-state index in [2.05, 4.69) is 15.9 Å². The van der Waals surface area contributed by atoms with E-state index in [4.69, 9.17) is 19.2 Å². The Morgan fingerprint density at radius 2 is 1.78 bits per heavy atom. The van der Waals surface area contributed by atoms with Crippen molar-refractivity contribution in [2.75, 3.05) is 26.9 Å². The highest BCUT2D eigenvalue weighted by atomic mass is 79.9. The summed E-state index contributed by atoms with van der Waals surface area (Å²) in [6, 6.07) is 11.3. The van der Waals surface area contributed by atoms with Gasteiger partial charge in [0.2, 0.25) is 0 Å². The van der Waals surface area contributed by atoms with Gasteiger partial charge in [-0.05, 0) is 80.1 Å². The Balaban J connectivity index is 1.94. The van der Waals surface area contributed by atoms with Gasteiger partial charge < -0.3 is 14.2 Å². The summed E-state index contributed by atoms with van der Waals surface area (Å²) in [5.74, 6) is 2.01. The third kappa shape index (κ3) is 5.66. The molecule has 1 aliphatic rings. The highest BCUT2D eigenvalue weighted by molar-refractivity contribution is 9.10. The van der Waals surface area contributed by atoms with Crippen LogP contribution in [0.1, 0.15) is 32.8 Å². The van der Waals surface area contributed by atoms with Crippen molar-refractivity contribution in [2.45, 2.75) is 27.2 Å². The number of aliphatic imine (C=N–C) groups is 1. The van der Waals surface area contributed by atoms with Crippen molar-refractivity contribution < 1.29 is 19.0 Å². The second-order valence-electron chi connectivity index (χ2n) is 6.85. The van der Waals surface area contributed by atoms with Crippen molar-refractivity contribution >= 4 is 50.5 Å². The Hall–Kier alpha value is -2.45. The Labute approximate surface area is 201 Å². The second-order valence-corrected chi connectivity index (χ2v) is 8.71. The van der Waals surface area contributed by atoms with E-state index in [0.29, 0.717) is 41.3 Å². The summed E-state index contributed by atoms with van der Waals surface area (Å²) in [4.78, 5) is 20.2. The molecule has 1 heterocycles. The van der Waals surface area contributed by atoms with Crippen LogP contribution in [0.3, 0.4) is 0 Å². The lowest BCUT2D eigenvalue weighted by atomic mass is 10.2. The Bertz CT molecular complexity index is 1020. The zero-order valence-corrected chi connectivity index (χ0v) is 21.1. The molecule has 32 heavy (non-hydrogen) atoms. The van der Waals surface area contributed by atoms with Gasteiger partial charge in [0, 0.05) is 11.0 Å². The van der Waals surface area contributed by atoms with E-state index in [0.717, 1.165) is 27.9 Å². The fourth-order valence-corrected chi connectivity index (χ4v) is 4.59. The van der Waals surface area contributed by atoms with Crippen molar-refractivity contribution in [3.63, 3.8) is 0 Å². The second kappa shape index (κ2) is 11.4. The van der Waals surface area contributed by atoms with Crippen LogP contribution >= 0.6 is 27.7 Å². The monoisotopic (exact) mass is 518 g/mol. The van der Waals surface area contributed by atoms with Crippen LogP contribution in [0.4, 0.5) is 5.69 Å². The quantitative estimate of drug-likeness (QED) is 0.366. The lowest BCUT2D eigenvalue weighted by molar-refractivity contribution is -0.122. The normalized spacial score (nSPS) is 16.2. The average molecular weight is 519 g/mol. The molecule has 8 heteroatoms. The maximum atomic E-state index is 13.1. The van der Waals surface area contributed by atoms with Gasteiger partial charge in [0.05, 0.1) is 30.9 Å². The number of ether oxygens (including phenoxy) is 3. The molecule has 6 nitrogen and oxygen atoms in total. The minimum absolute atomic E-state index is 0.0535. The number of benzene rings is 2. The minimum atomic E-state index is -0.0535. The molecular weight excluding hydrogens is 492 g/mol. The summed E-state index contributed by atoms with van der Waals surface area (Å²) >= 11 is 4.95. The molecule has 0 aliphatic carbocycles. The van der Waals surface area contributed by atoms with E-state index < -0.39 is 0 Å². The van der Waals surface area contributed by atoms with Crippen LogP contribution in [0.25, 0.3) is 6.08 Å². The lowest BCUT2D eigenvalue weighted by Crippen LogP contribution is -2.29. The molecule has 0 bridgehead atoms. The number of amidine groups is 1. The molecule has 2 aromatic carbocycles. The van der Waals surface area contributed by atoms with Crippen LogP contribution in [0.2, 0.25) is 0 Å². The molecule has 0 atom stereocenters. The number of methoxy groups -OCH3 is 1. The zero-order chi connectivity index (χ0) is 23.1. The Morgan fingerprint density at radius 1 is 1.06 bits per heavy atom. The molecule has 0 radical (unpaired) electrons. The number of hydrogen-bond donors (Lipinski definition) is 0. The Morgan fingerprint density at radius 3 is 2.41 bits per heavy atom. The summed E-state index contributed by atoms with van der Waals surface area (Å²) in [7, 11) is 1.60. The van der Waals surface area contributed by atoms with Gasteiger partial charge in [-0.15, -0.1) is 0 Å². The molecule has 2 aromatic rings. The van der Waals surface area contributed by atoms with E-state index in [1.165, 1.54) is 11.8 Å². The molecule has 1 fully saturated rings. The van der Waals surface area contributed by atoms with Crippen LogP contribution in [-0.2, 0) is 4.79 Å². The molecular formula is C24H27BrN2O4S. The maximum absolute atomic E-state index is 13.1. The number of rotatable bonds is 9. The first kappa shape index (κ1) is 24.2. The molecule has 1 aliphatic heterocycles. The van der Waals surface area contributed by atoms with Crippen LogP contribution in [-0.4, -0.2) is 42.8 Å². The maximum Gasteiger partial charge on any atom is 0.266 e. The smallest absolute Gasteiger partial charge is 0.266 e. The van der Waals surface area contributed by atoms with Crippen molar-refractivity contribution in [3.05, 3.63) is 51.3 Å². The van der Waals surface area contributed by atoms with Crippen LogP contribution < -0.4 is 14.2 Å². The first-order valence-corrected chi connectivity index (χ1v) is 12.1. The van der Waals surface area contributed by atoms with Crippen molar-refractivity contribution in [1.82, 2.24) is 4.90 Å². The van der Waals surface area contributed by atoms with E-state index >= 15 is 0 Å². The summed E-state index contributed by atoms with van der Waals surface area (Å²) < 4.78 is 17.4. The fourth-order valence-electron chi connectivity index (χ4n) is 3.14. The van der Waals surface area contributed by atoms with E-state index in [1.54, 1.807) is 12.0 Å². The number of nitrogens with zero attached hydrogens (tertiary/aromatic N) is 2. The van der Waals surface area contributed by atoms with Crippen LogP contribution in [0, 0.1) is 0 Å². The number of halogens is 1. The zero-order valence-electron chi connectivity index (χ0n) is 18.7. The number of thioether (sulfide) groups is 1. The van der Waals surface area contributed by atoms with Gasteiger partial charge in [0.25, 0.3) is 5.91 Å². The van der Waals surface area contributed by atoms with Crippen molar-refractivity contribution in [3.8, 4) is 17.2 Å². The molecule has 0 N–H and O–H groups in total. The van der Waals surface area contributed by atoms with E-state index in [9.17, 15) is 4.79 Å². The highest BCUT2D eigenvalue weighted by Gasteiger charge is 2.33. The summed E-state index contributed by atoms with van der Waals surface area (Å²) in [6.45, 7) is 7.65. The lowest BCUT2D eigenvalue weighted by Gasteiger charge is -2.14. The summed E-state index contributed by atoms with van der Waals surface area (Å²) in [6.07, 6.45) is 2.70. The number of carbonyl (C=O) groups excluding carboxylic acids is 1. The number of amides is 1. The number of hydrogen-bond acceptors (Lipinski definition) is 6. The van der Waals surface area contributed by atoms with Gasteiger partial charge in [-0.25, -0.2) is 4.99 Å². The molecule has 0 aromatic heterocycles. The summed E-state index contributed by atoms with van der Waals surface area (Å²) in [5.41, 5.74) is 1.61. The topological polar surface area (TPSA) is 60.4 Å². The SMILES string of the molecule is CCCN1C(=O)C(=Cc2cc(OCC)c(OC)cc2Br)SC1=Nc1ccc(OCC)cc1. The van der Waals surface area contributed by atoms with Gasteiger partial charge in [0.15, 0.2) is 16.7 Å². The Kier molecular flexibility index (Phi) is 8.64.